The van der Waals surface area contributed by atoms with Crippen LogP contribution in [-0.2, 0) is 0 Å². The van der Waals surface area contributed by atoms with E-state index in [-0.39, 0.29) is 17.3 Å². The van der Waals surface area contributed by atoms with Crippen LogP contribution in [0, 0.1) is 17.0 Å². The zero-order chi connectivity index (χ0) is 16.4. The Morgan fingerprint density at radius 2 is 1.48 bits per heavy atom. The van der Waals surface area contributed by atoms with Crippen LogP contribution in [0.15, 0.2) is 36.4 Å². The van der Waals surface area contributed by atoms with Crippen LogP contribution in [0.5, 0.6) is 0 Å². The summed E-state index contributed by atoms with van der Waals surface area (Å²) < 4.78 is 28.5. The number of hydrogen-bond acceptors (Lipinski definition) is 0. The summed E-state index contributed by atoms with van der Waals surface area (Å²) in [5.41, 5.74) is 4.25. The van der Waals surface area contributed by atoms with Crippen molar-refractivity contribution in [1.29, 1.82) is 0 Å². The molecule has 1 saturated carbocycles. The predicted molar refractivity (Wildman–Crippen MR) is 88.8 cm³/mol. The molecular formula is C21H22F2. The summed E-state index contributed by atoms with van der Waals surface area (Å²) >= 11 is 0. The lowest BCUT2D eigenvalue weighted by Gasteiger charge is -2.45. The van der Waals surface area contributed by atoms with E-state index in [1.807, 2.05) is 6.07 Å². The summed E-state index contributed by atoms with van der Waals surface area (Å²) in [5.74, 6) is -0.608. The van der Waals surface area contributed by atoms with Crippen molar-refractivity contribution < 1.29 is 8.78 Å². The molecule has 2 bridgehead atoms. The second-order valence-corrected chi connectivity index (χ2v) is 8.16. The Labute approximate surface area is 136 Å². The molecule has 1 atom stereocenters. The molecule has 0 amide bonds. The second kappa shape index (κ2) is 4.90. The Balaban J connectivity index is 2.04. The smallest absolute Gasteiger partial charge is 0.162 e. The molecule has 23 heavy (non-hydrogen) atoms. The Morgan fingerprint density at radius 3 is 2.13 bits per heavy atom. The molecule has 3 aliphatic rings. The molecule has 0 aliphatic heterocycles. The van der Waals surface area contributed by atoms with E-state index in [0.717, 1.165) is 18.4 Å². The van der Waals surface area contributed by atoms with E-state index in [1.165, 1.54) is 17.2 Å². The molecule has 1 fully saturated rings. The molecule has 0 saturated heterocycles. The highest BCUT2D eigenvalue weighted by Gasteiger charge is 2.43. The third kappa shape index (κ3) is 2.14. The topological polar surface area (TPSA) is 0 Å². The van der Waals surface area contributed by atoms with E-state index in [2.05, 4.69) is 45.0 Å². The molecule has 1 unspecified atom stereocenters. The van der Waals surface area contributed by atoms with Gasteiger partial charge in [-0.05, 0) is 58.4 Å². The van der Waals surface area contributed by atoms with Gasteiger partial charge in [0, 0.05) is 5.92 Å². The Morgan fingerprint density at radius 1 is 0.826 bits per heavy atom. The number of halogens is 2. The summed E-state index contributed by atoms with van der Waals surface area (Å²) in [6, 6.07) is 11.7. The van der Waals surface area contributed by atoms with Crippen LogP contribution in [0.4, 0.5) is 8.78 Å². The van der Waals surface area contributed by atoms with Crippen molar-refractivity contribution in [2.24, 2.45) is 5.41 Å². The van der Waals surface area contributed by atoms with E-state index in [4.69, 9.17) is 0 Å². The van der Waals surface area contributed by atoms with E-state index in [1.54, 1.807) is 0 Å². The number of benzene rings is 2. The Hall–Kier alpha value is -1.70. The Kier molecular flexibility index (Phi) is 3.16. The lowest BCUT2D eigenvalue weighted by Crippen LogP contribution is -2.31. The standard InChI is InChI=1S/C21H22F2/c1-21(2,3)19-15-7-5-4-6-14(15)12-10-13(11-12)18-16(19)8-9-17(22)20(18)23/h4-9,12-13,19H,10-11H2,1-3H3. The molecule has 2 aromatic rings. The van der Waals surface area contributed by atoms with Crippen LogP contribution >= 0.6 is 0 Å². The largest absolute Gasteiger partial charge is 0.204 e. The average molecular weight is 312 g/mol. The third-order valence-corrected chi connectivity index (χ3v) is 5.64. The van der Waals surface area contributed by atoms with Gasteiger partial charge in [-0.2, -0.15) is 0 Å². The van der Waals surface area contributed by atoms with E-state index in [0.29, 0.717) is 11.5 Å². The first-order valence-corrected chi connectivity index (χ1v) is 8.44. The van der Waals surface area contributed by atoms with Crippen LogP contribution in [0.1, 0.15) is 73.6 Å². The zero-order valence-electron chi connectivity index (χ0n) is 13.9. The third-order valence-electron chi connectivity index (χ3n) is 5.64. The minimum absolute atomic E-state index is 0.0566. The molecule has 3 aliphatic carbocycles. The van der Waals surface area contributed by atoms with Gasteiger partial charge in [0.1, 0.15) is 0 Å². The van der Waals surface area contributed by atoms with Crippen LogP contribution < -0.4 is 0 Å². The molecule has 0 spiro atoms. The summed E-state index contributed by atoms with van der Waals surface area (Å²) in [7, 11) is 0. The highest BCUT2D eigenvalue weighted by Crippen LogP contribution is 2.57. The second-order valence-electron chi connectivity index (χ2n) is 8.16. The van der Waals surface area contributed by atoms with Crippen molar-refractivity contribution in [3.63, 3.8) is 0 Å². The monoisotopic (exact) mass is 312 g/mol. The molecule has 0 N–H and O–H groups in total. The highest BCUT2D eigenvalue weighted by molar-refractivity contribution is 5.50. The van der Waals surface area contributed by atoms with Gasteiger partial charge in [0.05, 0.1) is 0 Å². The van der Waals surface area contributed by atoms with Crippen molar-refractivity contribution in [2.45, 2.75) is 51.4 Å². The van der Waals surface area contributed by atoms with Gasteiger partial charge in [-0.15, -0.1) is 0 Å². The van der Waals surface area contributed by atoms with Crippen molar-refractivity contribution >= 4 is 0 Å². The fourth-order valence-corrected chi connectivity index (χ4v) is 4.60. The van der Waals surface area contributed by atoms with Crippen LogP contribution in [-0.4, -0.2) is 0 Å². The van der Waals surface area contributed by atoms with Gasteiger partial charge in [0.25, 0.3) is 0 Å². The summed E-state index contributed by atoms with van der Waals surface area (Å²) in [4.78, 5) is 0. The summed E-state index contributed by atoms with van der Waals surface area (Å²) in [6.07, 6.45) is 1.86. The number of rotatable bonds is 0. The molecule has 120 valence electrons. The van der Waals surface area contributed by atoms with E-state index < -0.39 is 11.6 Å². The van der Waals surface area contributed by atoms with Crippen molar-refractivity contribution in [3.8, 4) is 0 Å². The minimum atomic E-state index is -0.714. The van der Waals surface area contributed by atoms with Gasteiger partial charge in [-0.25, -0.2) is 8.78 Å². The molecular weight excluding hydrogens is 290 g/mol. The van der Waals surface area contributed by atoms with Crippen LogP contribution in [0.25, 0.3) is 0 Å². The maximum absolute atomic E-state index is 14.6. The van der Waals surface area contributed by atoms with Gasteiger partial charge in [0.15, 0.2) is 11.6 Å². The lowest BCUT2D eigenvalue weighted by molar-refractivity contribution is 0.298. The maximum Gasteiger partial charge on any atom is 0.162 e. The summed E-state index contributed by atoms with van der Waals surface area (Å²) in [5, 5.41) is 0. The maximum atomic E-state index is 14.6. The van der Waals surface area contributed by atoms with Gasteiger partial charge in [-0.1, -0.05) is 51.1 Å². The molecule has 0 radical (unpaired) electrons. The van der Waals surface area contributed by atoms with Gasteiger partial charge >= 0.3 is 0 Å². The molecule has 2 aromatic carbocycles. The Bertz CT molecular complexity index is 764. The first-order chi connectivity index (χ1) is 10.9. The van der Waals surface area contributed by atoms with Crippen LogP contribution in [0.3, 0.4) is 0 Å². The van der Waals surface area contributed by atoms with Crippen molar-refractivity contribution in [1.82, 2.24) is 0 Å². The van der Waals surface area contributed by atoms with Crippen molar-refractivity contribution in [3.05, 3.63) is 70.3 Å². The number of hydrogen-bond donors (Lipinski definition) is 0. The SMILES string of the molecule is CC(C)(C)C1c2ccccc2C2CC(C2)c2c1ccc(F)c2F. The normalized spacial score (nSPS) is 25.7. The quantitative estimate of drug-likeness (QED) is 0.550. The van der Waals surface area contributed by atoms with Gasteiger partial charge < -0.3 is 0 Å². The van der Waals surface area contributed by atoms with Crippen LogP contribution in [0.2, 0.25) is 0 Å². The zero-order valence-corrected chi connectivity index (χ0v) is 13.9. The fourth-order valence-electron chi connectivity index (χ4n) is 4.60. The summed E-state index contributed by atoms with van der Waals surface area (Å²) in [6.45, 7) is 6.56. The molecule has 0 heterocycles. The predicted octanol–water partition coefficient (Wildman–Crippen LogP) is 6.12. The molecule has 2 heteroatoms. The molecule has 5 rings (SSSR count). The first-order valence-electron chi connectivity index (χ1n) is 8.44. The van der Waals surface area contributed by atoms with Crippen molar-refractivity contribution in [2.75, 3.05) is 0 Å². The van der Waals surface area contributed by atoms with Gasteiger partial charge in [-0.3, -0.25) is 0 Å². The van der Waals surface area contributed by atoms with E-state index in [9.17, 15) is 8.78 Å². The minimum Gasteiger partial charge on any atom is -0.204 e. The van der Waals surface area contributed by atoms with Gasteiger partial charge in [0.2, 0.25) is 0 Å². The molecule has 0 aromatic heterocycles. The average Bonchev–Trinajstić information content (AvgIpc) is 2.41. The lowest BCUT2D eigenvalue weighted by atomic mass is 9.59. The van der Waals surface area contributed by atoms with E-state index >= 15 is 0 Å². The first kappa shape index (κ1) is 14.9. The fraction of sp³-hybridized carbons (Fsp3) is 0.429. The molecule has 0 nitrogen and oxygen atoms in total. The highest BCUT2D eigenvalue weighted by atomic mass is 19.2.